The number of aryl methyl sites for hydroxylation is 1. The van der Waals surface area contributed by atoms with Crippen LogP contribution in [0.15, 0.2) is 12.1 Å². The lowest BCUT2D eigenvalue weighted by Gasteiger charge is -2.29. The van der Waals surface area contributed by atoms with Crippen LogP contribution in [-0.2, 0) is 24.2 Å². The highest BCUT2D eigenvalue weighted by molar-refractivity contribution is 5.82. The van der Waals surface area contributed by atoms with E-state index in [2.05, 4.69) is 0 Å². The van der Waals surface area contributed by atoms with E-state index in [1.54, 1.807) is 6.92 Å². The Hall–Kier alpha value is -2.12. The molecule has 0 saturated heterocycles. The Kier molecular flexibility index (Phi) is 3.89. The Morgan fingerprint density at radius 1 is 1.38 bits per heavy atom. The van der Waals surface area contributed by atoms with Gasteiger partial charge in [-0.05, 0) is 30.0 Å². The minimum Gasteiger partial charge on any atom is -0.330 e. The third-order valence-electron chi connectivity index (χ3n) is 3.52. The number of halogens is 3. The number of hydrogen-bond acceptors (Lipinski definition) is 3. The van der Waals surface area contributed by atoms with Gasteiger partial charge < -0.3 is 4.90 Å². The lowest BCUT2D eigenvalue weighted by atomic mass is 9.95. The van der Waals surface area contributed by atoms with E-state index < -0.39 is 17.0 Å². The molecule has 1 aliphatic rings. The topological polar surface area (TPSA) is 63.5 Å². The Balaban J connectivity index is 2.33. The summed E-state index contributed by atoms with van der Waals surface area (Å²) in [6.45, 7) is 1.48. The van der Waals surface area contributed by atoms with Gasteiger partial charge in [0, 0.05) is 24.7 Å². The first-order valence-corrected chi connectivity index (χ1v) is 6.39. The smallest absolute Gasteiger partial charge is 0.330 e. The van der Waals surface area contributed by atoms with Crippen LogP contribution in [0.1, 0.15) is 23.6 Å². The van der Waals surface area contributed by atoms with Crippen LogP contribution < -0.4 is 0 Å². The largest absolute Gasteiger partial charge is 0.471 e. The Bertz CT molecular complexity index is 599. The van der Waals surface area contributed by atoms with Crippen molar-refractivity contribution >= 4 is 11.6 Å². The van der Waals surface area contributed by atoms with E-state index in [1.165, 1.54) is 12.1 Å². The van der Waals surface area contributed by atoms with Crippen molar-refractivity contribution in [2.75, 3.05) is 6.54 Å². The number of nitro benzene ring substituents is 1. The van der Waals surface area contributed by atoms with Crippen LogP contribution in [0.5, 0.6) is 0 Å². The molecule has 0 bridgehead atoms. The predicted octanol–water partition coefficient (Wildman–Crippen LogP) is 2.60. The minimum atomic E-state index is -4.90. The zero-order chi connectivity index (χ0) is 15.8. The average Bonchev–Trinajstić information content (AvgIpc) is 2.43. The zero-order valence-electron chi connectivity index (χ0n) is 11.2. The molecule has 114 valence electrons. The van der Waals surface area contributed by atoms with Gasteiger partial charge in [-0.25, -0.2) is 0 Å². The molecule has 0 aromatic heterocycles. The predicted molar refractivity (Wildman–Crippen MR) is 67.7 cm³/mol. The van der Waals surface area contributed by atoms with Gasteiger partial charge in [-0.1, -0.05) is 6.92 Å². The number of hydrogen-bond donors (Lipinski definition) is 0. The van der Waals surface area contributed by atoms with E-state index in [1.807, 2.05) is 0 Å². The van der Waals surface area contributed by atoms with Crippen LogP contribution in [0.4, 0.5) is 18.9 Å². The van der Waals surface area contributed by atoms with Crippen LogP contribution >= 0.6 is 0 Å². The molecule has 8 heteroatoms. The summed E-state index contributed by atoms with van der Waals surface area (Å²) in [5, 5.41) is 11.0. The van der Waals surface area contributed by atoms with Gasteiger partial charge in [-0.3, -0.25) is 14.9 Å². The molecule has 0 unspecified atom stereocenters. The lowest BCUT2D eigenvalue weighted by molar-refractivity contribution is -0.385. The van der Waals surface area contributed by atoms with Crippen molar-refractivity contribution in [3.8, 4) is 0 Å². The molecule has 1 aromatic carbocycles. The lowest BCUT2D eigenvalue weighted by Crippen LogP contribution is -2.43. The molecule has 0 atom stereocenters. The van der Waals surface area contributed by atoms with Gasteiger partial charge in [-0.2, -0.15) is 13.2 Å². The van der Waals surface area contributed by atoms with Crippen LogP contribution in [0.2, 0.25) is 0 Å². The van der Waals surface area contributed by atoms with E-state index in [9.17, 15) is 28.1 Å². The van der Waals surface area contributed by atoms with Crippen molar-refractivity contribution in [3.05, 3.63) is 38.9 Å². The third-order valence-corrected chi connectivity index (χ3v) is 3.52. The molecule has 2 rings (SSSR count). The van der Waals surface area contributed by atoms with Crippen molar-refractivity contribution in [1.82, 2.24) is 4.90 Å². The number of nitrogens with zero attached hydrogens (tertiary/aromatic N) is 2. The van der Waals surface area contributed by atoms with E-state index >= 15 is 0 Å². The molecule has 0 fully saturated rings. The van der Waals surface area contributed by atoms with Crippen molar-refractivity contribution in [3.63, 3.8) is 0 Å². The number of nitro groups is 1. The summed E-state index contributed by atoms with van der Waals surface area (Å²) >= 11 is 0. The van der Waals surface area contributed by atoms with E-state index in [0.717, 1.165) is 4.90 Å². The molecule has 1 aromatic rings. The molecule has 0 spiro atoms. The summed E-state index contributed by atoms with van der Waals surface area (Å²) in [5.41, 5.74) is 1.61. The fourth-order valence-corrected chi connectivity index (χ4v) is 2.45. The van der Waals surface area contributed by atoms with Gasteiger partial charge in [0.25, 0.3) is 5.69 Å². The molecule has 0 aliphatic carbocycles. The summed E-state index contributed by atoms with van der Waals surface area (Å²) in [4.78, 5) is 22.5. The van der Waals surface area contributed by atoms with Crippen molar-refractivity contribution in [1.29, 1.82) is 0 Å². The number of rotatable bonds is 2. The van der Waals surface area contributed by atoms with Crippen LogP contribution in [0, 0.1) is 10.1 Å². The number of carbonyl (C=O) groups excluding carboxylic acids is 1. The first kappa shape index (κ1) is 15.3. The fraction of sp³-hybridized carbons (Fsp3) is 0.462. The normalized spacial score (nSPS) is 14.8. The Labute approximate surface area is 118 Å². The first-order valence-electron chi connectivity index (χ1n) is 6.39. The van der Waals surface area contributed by atoms with Gasteiger partial charge in [0.15, 0.2) is 0 Å². The number of amides is 1. The maximum atomic E-state index is 12.4. The van der Waals surface area contributed by atoms with Crippen LogP contribution in [0.3, 0.4) is 0 Å². The molecule has 1 amide bonds. The van der Waals surface area contributed by atoms with Crippen molar-refractivity contribution in [2.45, 2.75) is 32.5 Å². The van der Waals surface area contributed by atoms with Crippen LogP contribution in [0.25, 0.3) is 0 Å². The second-order valence-corrected chi connectivity index (χ2v) is 4.83. The number of fused-ring (bicyclic) bond motifs is 1. The summed E-state index contributed by atoms with van der Waals surface area (Å²) in [6, 6.07) is 2.94. The summed E-state index contributed by atoms with van der Waals surface area (Å²) in [7, 11) is 0. The number of carbonyl (C=O) groups is 1. The van der Waals surface area contributed by atoms with Gasteiger partial charge in [0.1, 0.15) is 0 Å². The zero-order valence-corrected chi connectivity index (χ0v) is 11.2. The quantitative estimate of drug-likeness (QED) is 0.623. The second kappa shape index (κ2) is 5.34. The minimum absolute atomic E-state index is 0.0214. The van der Waals surface area contributed by atoms with E-state index in [0.29, 0.717) is 23.1 Å². The van der Waals surface area contributed by atoms with Crippen molar-refractivity contribution < 1.29 is 22.9 Å². The summed E-state index contributed by atoms with van der Waals surface area (Å²) < 4.78 is 37.3. The molecule has 1 aliphatic heterocycles. The maximum absolute atomic E-state index is 12.4. The maximum Gasteiger partial charge on any atom is 0.471 e. The fourth-order valence-electron chi connectivity index (χ4n) is 2.45. The molecule has 1 heterocycles. The highest BCUT2D eigenvalue weighted by atomic mass is 19.4. The molecule has 0 saturated carbocycles. The van der Waals surface area contributed by atoms with Crippen LogP contribution in [-0.4, -0.2) is 28.5 Å². The molecular weight excluding hydrogens is 289 g/mol. The van der Waals surface area contributed by atoms with Gasteiger partial charge >= 0.3 is 12.1 Å². The number of benzene rings is 1. The van der Waals surface area contributed by atoms with Gasteiger partial charge in [0.05, 0.1) is 4.92 Å². The Morgan fingerprint density at radius 3 is 2.57 bits per heavy atom. The highest BCUT2D eigenvalue weighted by Crippen LogP contribution is 2.30. The summed E-state index contributed by atoms with van der Waals surface area (Å²) in [6.07, 6.45) is -4.31. The van der Waals surface area contributed by atoms with Gasteiger partial charge in [0.2, 0.25) is 0 Å². The first-order chi connectivity index (χ1) is 9.74. The molecule has 0 N–H and O–H groups in total. The molecule has 0 radical (unpaired) electrons. The van der Waals surface area contributed by atoms with E-state index in [4.69, 9.17) is 0 Å². The molecule has 5 nitrogen and oxygen atoms in total. The van der Waals surface area contributed by atoms with Crippen molar-refractivity contribution in [2.24, 2.45) is 0 Å². The monoisotopic (exact) mass is 302 g/mol. The molecular formula is C13H13F3N2O3. The standard InChI is InChI=1S/C13H13F3N2O3/c1-2-8-5-10-7-17(12(19)13(14,15)16)4-3-9(10)6-11(8)18(20)21/h5-6H,2-4,7H2,1H3. The highest BCUT2D eigenvalue weighted by Gasteiger charge is 2.43. The second-order valence-electron chi connectivity index (χ2n) is 4.83. The Morgan fingerprint density at radius 2 is 2.05 bits per heavy atom. The van der Waals surface area contributed by atoms with E-state index in [-0.39, 0.29) is 25.2 Å². The third kappa shape index (κ3) is 2.98. The SMILES string of the molecule is CCc1cc2c(cc1[N+](=O)[O-])CCN(C(=O)C(F)(F)F)C2. The molecule has 21 heavy (non-hydrogen) atoms. The summed E-state index contributed by atoms with van der Waals surface area (Å²) in [5.74, 6) is -1.87. The van der Waals surface area contributed by atoms with Gasteiger partial charge in [-0.15, -0.1) is 0 Å². The average molecular weight is 302 g/mol. The number of alkyl halides is 3.